The van der Waals surface area contributed by atoms with E-state index >= 15 is 0 Å². The molecule has 0 radical (unpaired) electrons. The molecular formula is C23H34OS5. The van der Waals surface area contributed by atoms with Crippen molar-refractivity contribution in [1.82, 2.24) is 0 Å². The van der Waals surface area contributed by atoms with Crippen molar-refractivity contribution in [3.8, 4) is 5.75 Å². The van der Waals surface area contributed by atoms with Crippen molar-refractivity contribution in [1.29, 1.82) is 0 Å². The van der Waals surface area contributed by atoms with Gasteiger partial charge in [0.2, 0.25) is 0 Å². The van der Waals surface area contributed by atoms with Crippen LogP contribution in [0, 0.1) is 0 Å². The van der Waals surface area contributed by atoms with Crippen LogP contribution in [0.15, 0.2) is 41.8 Å². The van der Waals surface area contributed by atoms with Gasteiger partial charge in [-0.25, -0.2) is 0 Å². The summed E-state index contributed by atoms with van der Waals surface area (Å²) in [5.41, 5.74) is 1.42. The number of hydrogen-bond donors (Lipinski definition) is 0. The maximum Gasteiger partial charge on any atom is 0.118 e. The van der Waals surface area contributed by atoms with Crippen molar-refractivity contribution in [2.75, 3.05) is 30.1 Å². The van der Waals surface area contributed by atoms with Gasteiger partial charge in [0.05, 0.1) is 15.3 Å². The molecule has 0 amide bonds. The van der Waals surface area contributed by atoms with E-state index in [1.807, 2.05) is 11.3 Å². The minimum absolute atomic E-state index is 0.0842. The highest BCUT2D eigenvalue weighted by molar-refractivity contribution is 8.18. The number of thioether (sulfide) groups is 4. The van der Waals surface area contributed by atoms with E-state index in [0.717, 1.165) is 35.2 Å². The smallest absolute Gasteiger partial charge is 0.118 e. The number of benzene rings is 1. The molecular weight excluding hydrogens is 453 g/mol. The molecule has 0 unspecified atom stereocenters. The van der Waals surface area contributed by atoms with Gasteiger partial charge in [-0.3, -0.25) is 0 Å². The molecule has 0 N–H and O–H groups in total. The summed E-state index contributed by atoms with van der Waals surface area (Å²) in [6.07, 6.45) is 2.34. The Bertz CT molecular complexity index is 672. The molecule has 0 aliphatic carbocycles. The van der Waals surface area contributed by atoms with E-state index < -0.39 is 0 Å². The van der Waals surface area contributed by atoms with E-state index in [2.05, 4.69) is 117 Å². The van der Waals surface area contributed by atoms with Gasteiger partial charge >= 0.3 is 0 Å². The Kier molecular flexibility index (Phi) is 11.2. The monoisotopic (exact) mass is 486 g/mol. The fraction of sp³-hybridized carbons (Fsp3) is 0.565. The quantitative estimate of drug-likeness (QED) is 0.247. The molecule has 0 spiro atoms. The van der Waals surface area contributed by atoms with Crippen LogP contribution in [0.3, 0.4) is 0 Å². The van der Waals surface area contributed by atoms with Gasteiger partial charge in [0.1, 0.15) is 5.75 Å². The van der Waals surface area contributed by atoms with Crippen LogP contribution >= 0.6 is 58.4 Å². The van der Waals surface area contributed by atoms with Crippen LogP contribution in [0.5, 0.6) is 5.75 Å². The molecule has 0 atom stereocenters. The second kappa shape index (κ2) is 12.8. The first-order chi connectivity index (χ1) is 14.1. The van der Waals surface area contributed by atoms with Gasteiger partial charge in [-0.2, -0.15) is 0 Å². The normalized spacial score (nSPS) is 12.3. The Morgan fingerprint density at radius 1 is 0.759 bits per heavy atom. The lowest BCUT2D eigenvalue weighted by Crippen LogP contribution is -2.25. The van der Waals surface area contributed by atoms with Gasteiger partial charge in [-0.05, 0) is 65.0 Å². The molecule has 6 heteroatoms. The first-order valence-electron chi connectivity index (χ1n) is 10.3. The van der Waals surface area contributed by atoms with Crippen LogP contribution in [0.25, 0.3) is 0 Å². The van der Waals surface area contributed by atoms with Crippen LogP contribution in [0.1, 0.15) is 51.0 Å². The lowest BCUT2D eigenvalue weighted by molar-refractivity contribution is 0.414. The molecule has 0 fully saturated rings. The predicted octanol–water partition coefficient (Wildman–Crippen LogP) is 8.56. The van der Waals surface area contributed by atoms with E-state index in [-0.39, 0.29) is 8.16 Å². The molecule has 0 bridgehead atoms. The standard InChI is InChI=1S/C23H34OS5/c1-6-26-22(27-7-2,19-12-14-20(24-5)15-13-19)16-17-23(28-8-3,29-9-4)21-11-10-18-25-21/h10-15,18H,6-9,16-17H2,1-5H3. The topological polar surface area (TPSA) is 9.23 Å². The van der Waals surface area contributed by atoms with Gasteiger partial charge in [0.25, 0.3) is 0 Å². The Morgan fingerprint density at radius 3 is 1.72 bits per heavy atom. The minimum Gasteiger partial charge on any atom is -0.497 e. The molecule has 0 saturated carbocycles. The SMILES string of the molecule is CCSC(CCC(SCC)(SCC)c1cccs1)(SCC)c1ccc(OC)cc1. The van der Waals surface area contributed by atoms with E-state index in [9.17, 15) is 0 Å². The highest BCUT2D eigenvalue weighted by Crippen LogP contribution is 2.57. The van der Waals surface area contributed by atoms with Gasteiger partial charge in [0.15, 0.2) is 0 Å². The fourth-order valence-corrected chi connectivity index (χ4v) is 10.9. The Labute approximate surface area is 198 Å². The van der Waals surface area contributed by atoms with Gasteiger partial charge < -0.3 is 4.74 Å². The summed E-state index contributed by atoms with van der Waals surface area (Å²) in [5, 5.41) is 2.23. The van der Waals surface area contributed by atoms with Gasteiger partial charge in [-0.1, -0.05) is 45.9 Å². The average molecular weight is 487 g/mol. The second-order valence-electron chi connectivity index (χ2n) is 6.44. The molecule has 1 nitrogen and oxygen atoms in total. The number of ether oxygens (including phenoxy) is 1. The Balaban J connectivity index is 2.39. The molecule has 162 valence electrons. The summed E-state index contributed by atoms with van der Waals surface area (Å²) in [6.45, 7) is 9.16. The van der Waals surface area contributed by atoms with Crippen molar-refractivity contribution in [2.24, 2.45) is 0 Å². The Morgan fingerprint density at radius 2 is 1.28 bits per heavy atom. The molecule has 1 aromatic carbocycles. The number of thiophene rings is 1. The van der Waals surface area contributed by atoms with Crippen molar-refractivity contribution < 1.29 is 4.74 Å². The number of hydrogen-bond acceptors (Lipinski definition) is 6. The minimum atomic E-state index is 0.0842. The zero-order valence-corrected chi connectivity index (χ0v) is 22.3. The summed E-state index contributed by atoms with van der Waals surface area (Å²) >= 11 is 10.3. The second-order valence-corrected chi connectivity index (χ2v) is 14.2. The molecule has 2 rings (SSSR count). The number of methoxy groups -OCH3 is 1. The highest BCUT2D eigenvalue weighted by Gasteiger charge is 2.39. The summed E-state index contributed by atoms with van der Waals surface area (Å²) in [4.78, 5) is 1.52. The number of rotatable bonds is 14. The summed E-state index contributed by atoms with van der Waals surface area (Å²) < 4.78 is 5.64. The summed E-state index contributed by atoms with van der Waals surface area (Å²) in [6, 6.07) is 13.3. The summed E-state index contributed by atoms with van der Waals surface area (Å²) in [7, 11) is 1.74. The third-order valence-corrected chi connectivity index (χ3v) is 12.2. The molecule has 1 aromatic heterocycles. The van der Waals surface area contributed by atoms with Crippen LogP contribution in [-0.2, 0) is 8.16 Å². The lowest BCUT2D eigenvalue weighted by atomic mass is 10.0. The Hall–Kier alpha value is 0.120. The zero-order valence-electron chi connectivity index (χ0n) is 18.2. The van der Waals surface area contributed by atoms with E-state index in [1.165, 1.54) is 16.9 Å². The molecule has 1 heterocycles. The molecule has 0 aliphatic heterocycles. The third kappa shape index (κ3) is 6.55. The molecule has 0 aliphatic rings. The maximum atomic E-state index is 5.41. The van der Waals surface area contributed by atoms with Gasteiger partial charge in [-0.15, -0.1) is 58.4 Å². The largest absolute Gasteiger partial charge is 0.497 e. The van der Waals surface area contributed by atoms with Crippen LogP contribution in [-0.4, -0.2) is 30.1 Å². The van der Waals surface area contributed by atoms with Crippen LogP contribution in [0.4, 0.5) is 0 Å². The molecule has 0 saturated heterocycles. The summed E-state index contributed by atoms with van der Waals surface area (Å²) in [5.74, 6) is 5.45. The fourth-order valence-electron chi connectivity index (χ4n) is 3.55. The van der Waals surface area contributed by atoms with Crippen molar-refractivity contribution in [3.63, 3.8) is 0 Å². The van der Waals surface area contributed by atoms with Crippen molar-refractivity contribution in [3.05, 3.63) is 52.2 Å². The predicted molar refractivity (Wildman–Crippen MR) is 142 cm³/mol. The first kappa shape index (κ1) is 25.4. The zero-order chi connectivity index (χ0) is 21.2. The maximum absolute atomic E-state index is 5.41. The van der Waals surface area contributed by atoms with E-state index in [0.29, 0.717) is 0 Å². The van der Waals surface area contributed by atoms with Crippen LogP contribution in [0.2, 0.25) is 0 Å². The average Bonchev–Trinajstić information content (AvgIpc) is 3.28. The van der Waals surface area contributed by atoms with Gasteiger partial charge in [0, 0.05) is 4.88 Å². The van der Waals surface area contributed by atoms with E-state index in [4.69, 9.17) is 4.74 Å². The van der Waals surface area contributed by atoms with Crippen LogP contribution < -0.4 is 4.74 Å². The van der Waals surface area contributed by atoms with E-state index in [1.54, 1.807) is 7.11 Å². The van der Waals surface area contributed by atoms with Crippen molar-refractivity contribution in [2.45, 2.75) is 48.7 Å². The lowest BCUT2D eigenvalue weighted by Gasteiger charge is -2.38. The first-order valence-corrected chi connectivity index (χ1v) is 15.2. The van der Waals surface area contributed by atoms with Crippen molar-refractivity contribution >= 4 is 58.4 Å². The third-order valence-electron chi connectivity index (χ3n) is 4.72. The molecule has 29 heavy (non-hydrogen) atoms. The molecule has 2 aromatic rings. The highest BCUT2D eigenvalue weighted by atomic mass is 32.2.